The smallest absolute Gasteiger partial charge is 0.150 e. The zero-order chi connectivity index (χ0) is 14.3. The Bertz CT molecular complexity index is 431. The number of hydrogen-bond donors (Lipinski definition) is 0. The van der Waals surface area contributed by atoms with Gasteiger partial charge in [0, 0.05) is 24.6 Å². The van der Waals surface area contributed by atoms with Crippen molar-refractivity contribution in [3.8, 4) is 5.75 Å². The van der Waals surface area contributed by atoms with Crippen molar-refractivity contribution in [2.24, 2.45) is 0 Å². The van der Waals surface area contributed by atoms with Gasteiger partial charge in [-0.05, 0) is 44.2 Å². The molecular weight excluding hydrogens is 242 g/mol. The number of rotatable bonds is 8. The van der Waals surface area contributed by atoms with Crippen molar-refractivity contribution in [1.82, 2.24) is 4.90 Å². The Morgan fingerprint density at radius 3 is 2.68 bits per heavy atom. The van der Waals surface area contributed by atoms with E-state index in [1.165, 1.54) is 0 Å². The van der Waals surface area contributed by atoms with E-state index in [-0.39, 0.29) is 6.04 Å². The molecule has 0 N–H and O–H groups in total. The summed E-state index contributed by atoms with van der Waals surface area (Å²) >= 11 is 0. The molecule has 0 saturated heterocycles. The van der Waals surface area contributed by atoms with E-state index in [1.54, 1.807) is 19.2 Å². The second kappa shape index (κ2) is 7.69. The Labute approximate surface area is 114 Å². The van der Waals surface area contributed by atoms with Crippen LogP contribution >= 0.6 is 0 Å². The van der Waals surface area contributed by atoms with E-state index >= 15 is 0 Å². The molecule has 0 bridgehead atoms. The highest BCUT2D eigenvalue weighted by atomic mass is 16.5. The van der Waals surface area contributed by atoms with Gasteiger partial charge in [-0.3, -0.25) is 9.69 Å². The van der Waals surface area contributed by atoms with Crippen LogP contribution in [0.2, 0.25) is 0 Å². The fourth-order valence-corrected chi connectivity index (χ4v) is 1.92. The van der Waals surface area contributed by atoms with E-state index in [1.807, 2.05) is 13.1 Å². The number of ether oxygens (including phenoxy) is 1. The molecule has 0 radical (unpaired) electrons. The van der Waals surface area contributed by atoms with E-state index in [0.717, 1.165) is 30.3 Å². The van der Waals surface area contributed by atoms with E-state index in [0.29, 0.717) is 18.5 Å². The first kappa shape index (κ1) is 15.4. The molecule has 0 aliphatic heterocycles. The molecule has 0 amide bonds. The monoisotopic (exact) mass is 263 g/mol. The fraction of sp³-hybridized carbons (Fsp3) is 0.467. The Kier molecular flexibility index (Phi) is 6.22. The summed E-state index contributed by atoms with van der Waals surface area (Å²) in [6.45, 7) is 2.73. The molecule has 1 rings (SSSR count). The second-order valence-corrected chi connectivity index (χ2v) is 4.69. The Balaban J connectivity index is 2.79. The maximum Gasteiger partial charge on any atom is 0.150 e. The van der Waals surface area contributed by atoms with Crippen LogP contribution in [0, 0.1) is 0 Å². The van der Waals surface area contributed by atoms with Gasteiger partial charge in [0.05, 0.1) is 7.11 Å². The molecule has 1 aromatic carbocycles. The van der Waals surface area contributed by atoms with Crippen LogP contribution in [0.1, 0.15) is 35.7 Å². The molecule has 4 nitrogen and oxygen atoms in total. The summed E-state index contributed by atoms with van der Waals surface area (Å²) in [5, 5.41) is 0. The number of aldehydes is 2. The average molecular weight is 263 g/mol. The van der Waals surface area contributed by atoms with Crippen molar-refractivity contribution in [2.75, 3.05) is 14.2 Å². The third-order valence-corrected chi connectivity index (χ3v) is 3.35. The lowest BCUT2D eigenvalue weighted by atomic mass is 10.1. The third-order valence-electron chi connectivity index (χ3n) is 3.35. The minimum absolute atomic E-state index is 0.288. The van der Waals surface area contributed by atoms with Gasteiger partial charge in [-0.2, -0.15) is 0 Å². The quantitative estimate of drug-likeness (QED) is 0.675. The number of nitrogens with zero attached hydrogens (tertiary/aromatic N) is 1. The number of benzene rings is 1. The number of methoxy groups -OCH3 is 1. The molecule has 4 heteroatoms. The first-order valence-corrected chi connectivity index (χ1v) is 6.38. The zero-order valence-corrected chi connectivity index (χ0v) is 11.8. The molecule has 1 aromatic rings. The number of hydrogen-bond acceptors (Lipinski definition) is 4. The summed E-state index contributed by atoms with van der Waals surface area (Å²) in [4.78, 5) is 23.6. The van der Waals surface area contributed by atoms with Crippen molar-refractivity contribution < 1.29 is 14.3 Å². The lowest BCUT2D eigenvalue weighted by molar-refractivity contribution is -0.108. The van der Waals surface area contributed by atoms with Gasteiger partial charge in [0.1, 0.15) is 18.3 Å². The predicted octanol–water partition coefficient (Wildman–Crippen LogP) is 2.31. The van der Waals surface area contributed by atoms with Crippen LogP contribution < -0.4 is 4.74 Å². The molecule has 1 unspecified atom stereocenters. The molecule has 0 spiro atoms. The first-order valence-electron chi connectivity index (χ1n) is 6.38. The topological polar surface area (TPSA) is 46.6 Å². The molecule has 104 valence electrons. The van der Waals surface area contributed by atoms with Gasteiger partial charge in [-0.1, -0.05) is 0 Å². The lowest BCUT2D eigenvalue weighted by Gasteiger charge is -2.24. The van der Waals surface area contributed by atoms with E-state index in [4.69, 9.17) is 4.74 Å². The molecule has 19 heavy (non-hydrogen) atoms. The first-order chi connectivity index (χ1) is 9.12. The summed E-state index contributed by atoms with van der Waals surface area (Å²) in [6, 6.07) is 5.72. The van der Waals surface area contributed by atoms with Crippen LogP contribution in [0.3, 0.4) is 0 Å². The highest BCUT2D eigenvalue weighted by molar-refractivity contribution is 5.77. The van der Waals surface area contributed by atoms with Crippen molar-refractivity contribution in [3.05, 3.63) is 29.3 Å². The van der Waals surface area contributed by atoms with Crippen molar-refractivity contribution in [1.29, 1.82) is 0 Å². The van der Waals surface area contributed by atoms with Crippen molar-refractivity contribution in [2.45, 2.75) is 32.4 Å². The molecule has 1 atom stereocenters. The summed E-state index contributed by atoms with van der Waals surface area (Å²) in [6.07, 6.45) is 3.18. The number of carbonyl (C=O) groups excluding carboxylic acids is 2. The van der Waals surface area contributed by atoms with Gasteiger partial charge in [-0.15, -0.1) is 0 Å². The minimum atomic E-state index is 0.288. The standard InChI is InChI=1S/C15H21NO3/c1-12(5-4-8-17)16(2)10-14-9-15(19-3)7-6-13(14)11-18/h6-9,11-12H,4-5,10H2,1-3H3. The lowest BCUT2D eigenvalue weighted by Crippen LogP contribution is -2.29. The maximum absolute atomic E-state index is 11.0. The van der Waals surface area contributed by atoms with Crippen LogP contribution in [-0.2, 0) is 11.3 Å². The predicted molar refractivity (Wildman–Crippen MR) is 74.6 cm³/mol. The molecule has 0 fully saturated rings. The molecule has 0 aliphatic carbocycles. The van der Waals surface area contributed by atoms with Gasteiger partial charge in [0.15, 0.2) is 0 Å². The van der Waals surface area contributed by atoms with E-state index in [2.05, 4.69) is 11.8 Å². The highest BCUT2D eigenvalue weighted by Crippen LogP contribution is 2.19. The van der Waals surface area contributed by atoms with Crippen molar-refractivity contribution in [3.63, 3.8) is 0 Å². The van der Waals surface area contributed by atoms with Gasteiger partial charge < -0.3 is 9.53 Å². The molecule has 0 saturated carbocycles. The maximum atomic E-state index is 11.0. The summed E-state index contributed by atoms with van der Waals surface area (Å²) in [5.74, 6) is 0.745. The summed E-state index contributed by atoms with van der Waals surface area (Å²) < 4.78 is 5.18. The highest BCUT2D eigenvalue weighted by Gasteiger charge is 2.12. The molecule has 0 heterocycles. The van der Waals surface area contributed by atoms with Gasteiger partial charge in [0.25, 0.3) is 0 Å². The van der Waals surface area contributed by atoms with E-state index < -0.39 is 0 Å². The van der Waals surface area contributed by atoms with Crippen LogP contribution in [0.4, 0.5) is 0 Å². The van der Waals surface area contributed by atoms with Crippen molar-refractivity contribution >= 4 is 12.6 Å². The zero-order valence-electron chi connectivity index (χ0n) is 11.8. The SMILES string of the molecule is COc1ccc(C=O)c(CN(C)C(C)CCC=O)c1. The summed E-state index contributed by atoms with van der Waals surface area (Å²) in [5.41, 5.74) is 1.62. The van der Waals surface area contributed by atoms with Gasteiger partial charge >= 0.3 is 0 Å². The number of carbonyl (C=O) groups is 2. The Hall–Kier alpha value is -1.68. The average Bonchev–Trinajstić information content (AvgIpc) is 2.44. The molecule has 0 aliphatic rings. The third kappa shape index (κ3) is 4.48. The van der Waals surface area contributed by atoms with E-state index in [9.17, 15) is 9.59 Å². The molecular formula is C15H21NO3. The van der Waals surface area contributed by atoms with Crippen LogP contribution in [0.15, 0.2) is 18.2 Å². The fourth-order valence-electron chi connectivity index (χ4n) is 1.92. The normalized spacial score (nSPS) is 12.2. The Morgan fingerprint density at radius 1 is 1.37 bits per heavy atom. The molecule has 0 aromatic heterocycles. The van der Waals surface area contributed by atoms with Crippen LogP contribution in [-0.4, -0.2) is 37.7 Å². The largest absolute Gasteiger partial charge is 0.497 e. The van der Waals surface area contributed by atoms with Crippen LogP contribution in [0.5, 0.6) is 5.75 Å². The van der Waals surface area contributed by atoms with Crippen LogP contribution in [0.25, 0.3) is 0 Å². The second-order valence-electron chi connectivity index (χ2n) is 4.69. The summed E-state index contributed by atoms with van der Waals surface area (Å²) in [7, 11) is 3.60. The van der Waals surface area contributed by atoms with Gasteiger partial charge in [0.2, 0.25) is 0 Å². The minimum Gasteiger partial charge on any atom is -0.497 e. The Morgan fingerprint density at radius 2 is 2.11 bits per heavy atom. The van der Waals surface area contributed by atoms with Gasteiger partial charge in [-0.25, -0.2) is 0 Å².